The molecule has 3 N–H and O–H groups in total. The molecule has 0 aliphatic carbocycles. The number of unbranched alkanes of at least 4 members (excludes halogenated alkanes) is 10. The molecule has 0 aliphatic heterocycles. The zero-order valence-electron chi connectivity index (χ0n) is 16.1. The van der Waals surface area contributed by atoms with E-state index >= 15 is 0 Å². The van der Waals surface area contributed by atoms with E-state index in [9.17, 15) is 4.79 Å². The molecule has 3 heteroatoms. The molecule has 0 aliphatic rings. The lowest BCUT2D eigenvalue weighted by Crippen LogP contribution is -2.30. The van der Waals surface area contributed by atoms with Crippen LogP contribution in [0.25, 0.3) is 0 Å². The number of allylic oxidation sites excluding steroid dienone is 2. The van der Waals surface area contributed by atoms with E-state index in [4.69, 9.17) is 10.8 Å². The van der Waals surface area contributed by atoms with Gasteiger partial charge in [-0.3, -0.25) is 4.79 Å². The highest BCUT2D eigenvalue weighted by molar-refractivity contribution is 5.76. The minimum absolute atomic E-state index is 0.0174. The zero-order chi connectivity index (χ0) is 18.0. The monoisotopic (exact) mass is 339 g/mol. The number of hydrogen-bond donors (Lipinski definition) is 2. The molecule has 0 radical (unpaired) electrons. The van der Waals surface area contributed by atoms with Crippen LogP contribution in [0, 0.1) is 11.8 Å². The highest BCUT2D eigenvalue weighted by Gasteiger charge is 2.21. The van der Waals surface area contributed by atoms with Gasteiger partial charge in [0.15, 0.2) is 0 Å². The summed E-state index contributed by atoms with van der Waals surface area (Å²) in [6.07, 6.45) is 20.7. The number of aliphatic hydroxyl groups is 1. The van der Waals surface area contributed by atoms with Crippen molar-refractivity contribution in [2.45, 2.75) is 97.3 Å². The molecule has 0 saturated heterocycles. The molecule has 142 valence electrons. The maximum Gasteiger partial charge on any atom is 0.220 e. The Morgan fingerprint density at radius 3 is 1.92 bits per heavy atom. The molecule has 0 aromatic carbocycles. The number of hydrogen-bond acceptors (Lipinski definition) is 2. The van der Waals surface area contributed by atoms with Crippen molar-refractivity contribution in [2.24, 2.45) is 17.6 Å². The first kappa shape index (κ1) is 23.2. The number of rotatable bonds is 17. The van der Waals surface area contributed by atoms with Gasteiger partial charge < -0.3 is 10.8 Å². The Kier molecular flexibility index (Phi) is 16.4. The Balaban J connectivity index is 3.41. The molecule has 0 aromatic rings. The normalized spacial score (nSPS) is 14.1. The van der Waals surface area contributed by atoms with Gasteiger partial charge >= 0.3 is 0 Å². The van der Waals surface area contributed by atoms with Crippen LogP contribution in [-0.2, 0) is 4.79 Å². The van der Waals surface area contributed by atoms with Crippen LogP contribution in [0.4, 0.5) is 0 Å². The second kappa shape index (κ2) is 17.0. The van der Waals surface area contributed by atoms with Crippen LogP contribution in [-0.4, -0.2) is 17.6 Å². The fourth-order valence-electron chi connectivity index (χ4n) is 3.09. The first-order valence-corrected chi connectivity index (χ1v) is 10.2. The topological polar surface area (TPSA) is 63.3 Å². The van der Waals surface area contributed by atoms with Crippen molar-refractivity contribution < 1.29 is 9.90 Å². The van der Waals surface area contributed by atoms with Gasteiger partial charge in [0.2, 0.25) is 5.91 Å². The summed E-state index contributed by atoms with van der Waals surface area (Å²) in [5.74, 6) is -0.452. The van der Waals surface area contributed by atoms with Gasteiger partial charge in [-0.05, 0) is 38.0 Å². The third kappa shape index (κ3) is 13.6. The van der Waals surface area contributed by atoms with Gasteiger partial charge in [0.25, 0.3) is 0 Å². The highest BCUT2D eigenvalue weighted by Crippen LogP contribution is 2.19. The van der Waals surface area contributed by atoms with Gasteiger partial charge in [-0.2, -0.15) is 0 Å². The summed E-state index contributed by atoms with van der Waals surface area (Å²) in [4.78, 5) is 11.4. The molecule has 2 unspecified atom stereocenters. The number of carbonyl (C=O) groups excluding carboxylic acids is 1. The van der Waals surface area contributed by atoms with Crippen molar-refractivity contribution in [3.05, 3.63) is 12.2 Å². The Hall–Kier alpha value is -0.830. The van der Waals surface area contributed by atoms with Crippen LogP contribution < -0.4 is 5.73 Å². The minimum atomic E-state index is -0.266. The zero-order valence-corrected chi connectivity index (χ0v) is 16.1. The number of primary amides is 1. The number of carbonyl (C=O) groups is 1. The van der Waals surface area contributed by atoms with Crippen molar-refractivity contribution in [1.82, 2.24) is 0 Å². The van der Waals surface area contributed by atoms with E-state index in [1.165, 1.54) is 64.2 Å². The van der Waals surface area contributed by atoms with Crippen molar-refractivity contribution in [3.8, 4) is 0 Å². The van der Waals surface area contributed by atoms with Crippen molar-refractivity contribution >= 4 is 5.91 Å². The molecule has 2 atom stereocenters. The summed E-state index contributed by atoms with van der Waals surface area (Å²) in [6.45, 7) is 4.19. The van der Waals surface area contributed by atoms with E-state index in [-0.39, 0.29) is 24.3 Å². The summed E-state index contributed by atoms with van der Waals surface area (Å²) >= 11 is 0. The molecule has 0 heterocycles. The fraction of sp³-hybridized carbons (Fsp3) is 0.857. The third-order valence-corrected chi connectivity index (χ3v) is 4.87. The van der Waals surface area contributed by atoms with Crippen LogP contribution >= 0.6 is 0 Å². The van der Waals surface area contributed by atoms with Crippen molar-refractivity contribution in [1.29, 1.82) is 0 Å². The molecule has 3 nitrogen and oxygen atoms in total. The Morgan fingerprint density at radius 1 is 0.917 bits per heavy atom. The number of aliphatic hydroxyl groups excluding tert-OH is 1. The van der Waals surface area contributed by atoms with Gasteiger partial charge in [-0.1, -0.05) is 77.4 Å². The molecule has 0 spiro atoms. The molecule has 0 saturated carbocycles. The molecular weight excluding hydrogens is 298 g/mol. The smallest absolute Gasteiger partial charge is 0.220 e. The van der Waals surface area contributed by atoms with Crippen LogP contribution in [0.3, 0.4) is 0 Å². The molecule has 0 aromatic heterocycles. The highest BCUT2D eigenvalue weighted by atomic mass is 16.3. The lowest BCUT2D eigenvalue weighted by molar-refractivity contribution is -0.124. The van der Waals surface area contributed by atoms with E-state index in [0.29, 0.717) is 0 Å². The van der Waals surface area contributed by atoms with E-state index < -0.39 is 0 Å². The summed E-state index contributed by atoms with van der Waals surface area (Å²) in [5, 5.41) is 9.16. The Labute approximate surface area is 150 Å². The lowest BCUT2D eigenvalue weighted by Gasteiger charge is -2.18. The summed E-state index contributed by atoms with van der Waals surface area (Å²) in [6, 6.07) is 0. The first-order valence-electron chi connectivity index (χ1n) is 10.2. The minimum Gasteiger partial charge on any atom is -0.396 e. The molecular formula is C21H41NO2. The predicted octanol–water partition coefficient (Wildman–Crippen LogP) is 5.36. The largest absolute Gasteiger partial charge is 0.396 e. The summed E-state index contributed by atoms with van der Waals surface area (Å²) in [7, 11) is 0. The van der Waals surface area contributed by atoms with Gasteiger partial charge in [0.05, 0.1) is 0 Å². The maximum absolute atomic E-state index is 11.4. The van der Waals surface area contributed by atoms with Crippen LogP contribution in [0.5, 0.6) is 0 Å². The van der Waals surface area contributed by atoms with E-state index in [1.807, 2.05) is 6.92 Å². The van der Waals surface area contributed by atoms with Gasteiger partial charge in [0.1, 0.15) is 0 Å². The fourth-order valence-corrected chi connectivity index (χ4v) is 3.09. The van der Waals surface area contributed by atoms with Crippen molar-refractivity contribution in [3.63, 3.8) is 0 Å². The first-order chi connectivity index (χ1) is 11.6. The molecule has 0 bridgehead atoms. The Morgan fingerprint density at radius 2 is 1.42 bits per heavy atom. The van der Waals surface area contributed by atoms with E-state index in [2.05, 4.69) is 19.1 Å². The van der Waals surface area contributed by atoms with Gasteiger partial charge in [-0.15, -0.1) is 0 Å². The second-order valence-corrected chi connectivity index (χ2v) is 7.19. The number of amides is 1. The van der Waals surface area contributed by atoms with Crippen LogP contribution in [0.1, 0.15) is 97.3 Å². The molecule has 1 amide bonds. The standard InChI is InChI=1S/C21H41NO2/c1-3-4-5-6-7-8-9-10-11-12-13-14-15-16-17-20(21(22)24)19(2)18-23/h8-9,19-20,23H,3-7,10-18H2,1-2H3,(H2,22,24)/b9-8+. The Bertz CT molecular complexity index is 315. The van der Waals surface area contributed by atoms with Crippen LogP contribution in [0.2, 0.25) is 0 Å². The van der Waals surface area contributed by atoms with Gasteiger partial charge in [0, 0.05) is 12.5 Å². The van der Waals surface area contributed by atoms with E-state index in [1.54, 1.807) is 0 Å². The predicted molar refractivity (Wildman–Crippen MR) is 104 cm³/mol. The van der Waals surface area contributed by atoms with Gasteiger partial charge in [-0.25, -0.2) is 0 Å². The lowest BCUT2D eigenvalue weighted by atomic mass is 9.89. The average molecular weight is 340 g/mol. The summed E-state index contributed by atoms with van der Waals surface area (Å²) < 4.78 is 0. The van der Waals surface area contributed by atoms with Crippen molar-refractivity contribution in [2.75, 3.05) is 6.61 Å². The van der Waals surface area contributed by atoms with E-state index in [0.717, 1.165) is 19.3 Å². The average Bonchev–Trinajstić information content (AvgIpc) is 2.57. The molecule has 0 rings (SSSR count). The quantitative estimate of drug-likeness (QED) is 0.277. The summed E-state index contributed by atoms with van der Waals surface area (Å²) in [5.41, 5.74) is 5.41. The maximum atomic E-state index is 11.4. The molecule has 0 fully saturated rings. The van der Waals surface area contributed by atoms with Crippen LogP contribution in [0.15, 0.2) is 12.2 Å². The second-order valence-electron chi connectivity index (χ2n) is 7.19. The SMILES string of the molecule is CCCCCC/C=C/CCCCCCCCC(C(N)=O)C(C)CO. The third-order valence-electron chi connectivity index (χ3n) is 4.87. The number of nitrogens with two attached hydrogens (primary N) is 1. The molecule has 24 heavy (non-hydrogen) atoms.